The van der Waals surface area contributed by atoms with Gasteiger partial charge in [-0.2, -0.15) is 0 Å². The first kappa shape index (κ1) is 26.7. The largest absolute Gasteiger partial charge is 0.489 e. The van der Waals surface area contributed by atoms with Crippen LogP contribution >= 0.6 is 0 Å². The highest BCUT2D eigenvalue weighted by molar-refractivity contribution is 5.79. The Morgan fingerprint density at radius 3 is 2.56 bits per heavy atom. The molecule has 3 aliphatic heterocycles. The molecule has 2 fully saturated rings. The van der Waals surface area contributed by atoms with E-state index in [1.54, 1.807) is 0 Å². The van der Waals surface area contributed by atoms with Crippen LogP contribution in [0, 0.1) is 11.8 Å². The summed E-state index contributed by atoms with van der Waals surface area (Å²) in [7, 11) is 2.17. The molecule has 36 heavy (non-hydrogen) atoms. The number of para-hydroxylation sites is 1. The van der Waals surface area contributed by atoms with Crippen LogP contribution in [0.3, 0.4) is 0 Å². The molecule has 2 bridgehead atoms. The van der Waals surface area contributed by atoms with Crippen LogP contribution in [0.5, 0.6) is 5.75 Å². The number of benzene rings is 1. The van der Waals surface area contributed by atoms with Crippen molar-refractivity contribution in [2.45, 2.75) is 52.1 Å². The first-order valence-electron chi connectivity index (χ1n) is 13.8. The predicted octanol–water partition coefficient (Wildman–Crippen LogP) is 3.25. The molecule has 7 nitrogen and oxygen atoms in total. The van der Waals surface area contributed by atoms with Crippen LogP contribution < -0.4 is 4.74 Å². The van der Waals surface area contributed by atoms with Crippen molar-refractivity contribution in [3.8, 4) is 5.75 Å². The van der Waals surface area contributed by atoms with Crippen molar-refractivity contribution in [3.63, 3.8) is 0 Å². The fourth-order valence-corrected chi connectivity index (χ4v) is 5.97. The van der Waals surface area contributed by atoms with Crippen LogP contribution in [0.15, 0.2) is 36.4 Å². The van der Waals surface area contributed by atoms with Crippen molar-refractivity contribution in [1.82, 2.24) is 19.6 Å². The number of carbonyl (C=O) groups is 2. The second kappa shape index (κ2) is 12.7. The van der Waals surface area contributed by atoms with Gasteiger partial charge in [0.15, 0.2) is 0 Å². The Morgan fingerprint density at radius 1 is 1.06 bits per heavy atom. The van der Waals surface area contributed by atoms with Gasteiger partial charge in [-0.05, 0) is 71.1 Å². The molecule has 4 rings (SSSR count). The highest BCUT2D eigenvalue weighted by Gasteiger charge is 2.34. The van der Waals surface area contributed by atoms with Gasteiger partial charge in [-0.25, -0.2) is 0 Å². The molecule has 2 atom stereocenters. The maximum Gasteiger partial charge on any atom is 0.236 e. The molecule has 0 spiro atoms. The molecule has 0 aliphatic carbocycles. The van der Waals surface area contributed by atoms with Crippen molar-refractivity contribution < 1.29 is 14.3 Å². The third-order valence-electron chi connectivity index (χ3n) is 8.32. The first-order valence-corrected chi connectivity index (χ1v) is 13.8. The fraction of sp³-hybridized carbons (Fsp3) is 0.655. The third-order valence-corrected chi connectivity index (χ3v) is 8.32. The molecule has 1 aromatic rings. The SMILES string of the molecule is CCN(CC)C(=O)C[C@@H]1CCN2C[C@@H]1/C=C\COc1ccccc1CN(C1CCN(C)CC1)CC2=O. The van der Waals surface area contributed by atoms with Crippen molar-refractivity contribution in [1.29, 1.82) is 0 Å². The van der Waals surface area contributed by atoms with E-state index in [-0.39, 0.29) is 23.7 Å². The average Bonchev–Trinajstić information content (AvgIpc) is 2.89. The summed E-state index contributed by atoms with van der Waals surface area (Å²) in [5, 5.41) is 0. The minimum absolute atomic E-state index is 0.165. The smallest absolute Gasteiger partial charge is 0.236 e. The zero-order valence-electron chi connectivity index (χ0n) is 22.4. The minimum atomic E-state index is 0.165. The molecule has 198 valence electrons. The van der Waals surface area contributed by atoms with Crippen LogP contribution in [0.4, 0.5) is 0 Å². The summed E-state index contributed by atoms with van der Waals surface area (Å²) in [4.78, 5) is 35.2. The number of amides is 2. The summed E-state index contributed by atoms with van der Waals surface area (Å²) in [6.45, 7) is 10.7. The van der Waals surface area contributed by atoms with Crippen molar-refractivity contribution in [2.75, 3.05) is 59.5 Å². The topological polar surface area (TPSA) is 56.3 Å². The monoisotopic (exact) mass is 496 g/mol. The van der Waals surface area contributed by atoms with Crippen molar-refractivity contribution in [3.05, 3.63) is 42.0 Å². The lowest BCUT2D eigenvalue weighted by molar-refractivity contribution is -0.136. The van der Waals surface area contributed by atoms with Gasteiger partial charge in [-0.15, -0.1) is 0 Å². The fourth-order valence-electron chi connectivity index (χ4n) is 5.97. The van der Waals surface area contributed by atoms with E-state index in [1.165, 1.54) is 0 Å². The summed E-state index contributed by atoms with van der Waals surface area (Å²) >= 11 is 0. The first-order chi connectivity index (χ1) is 17.5. The lowest BCUT2D eigenvalue weighted by Gasteiger charge is -2.41. The van der Waals surface area contributed by atoms with Gasteiger partial charge in [0, 0.05) is 50.7 Å². The Hall–Kier alpha value is -2.38. The Balaban J connectivity index is 1.55. The van der Waals surface area contributed by atoms with E-state index in [4.69, 9.17) is 4.74 Å². The normalized spacial score (nSPS) is 25.6. The third kappa shape index (κ3) is 6.68. The molecule has 2 amide bonds. The van der Waals surface area contributed by atoms with E-state index in [0.29, 0.717) is 32.2 Å². The van der Waals surface area contributed by atoms with E-state index < -0.39 is 0 Å². The van der Waals surface area contributed by atoms with Crippen molar-refractivity contribution >= 4 is 11.8 Å². The number of nitrogens with zero attached hydrogens (tertiary/aromatic N) is 4. The number of hydrogen-bond acceptors (Lipinski definition) is 5. The quantitative estimate of drug-likeness (QED) is 0.586. The summed E-state index contributed by atoms with van der Waals surface area (Å²) in [5.74, 6) is 1.74. The van der Waals surface area contributed by atoms with Crippen LogP contribution in [0.25, 0.3) is 0 Å². The molecule has 0 N–H and O–H groups in total. The average molecular weight is 497 g/mol. The minimum Gasteiger partial charge on any atom is -0.489 e. The second-order valence-corrected chi connectivity index (χ2v) is 10.6. The number of rotatable bonds is 5. The van der Waals surface area contributed by atoms with Gasteiger partial charge < -0.3 is 19.4 Å². The van der Waals surface area contributed by atoms with Crippen LogP contribution in [0.2, 0.25) is 0 Å². The van der Waals surface area contributed by atoms with Crippen molar-refractivity contribution in [2.24, 2.45) is 11.8 Å². The molecular weight excluding hydrogens is 452 g/mol. The van der Waals surface area contributed by atoms with E-state index in [9.17, 15) is 9.59 Å². The summed E-state index contributed by atoms with van der Waals surface area (Å²) in [6.07, 6.45) is 7.83. The Labute approximate surface area is 217 Å². The zero-order chi connectivity index (χ0) is 25.5. The molecule has 0 aromatic heterocycles. The molecular formula is C29H44N4O3. The van der Waals surface area contributed by atoms with Gasteiger partial charge in [0.1, 0.15) is 12.4 Å². The zero-order valence-corrected chi connectivity index (χ0v) is 22.4. The highest BCUT2D eigenvalue weighted by Crippen LogP contribution is 2.30. The van der Waals surface area contributed by atoms with E-state index in [0.717, 1.165) is 69.8 Å². The predicted molar refractivity (Wildman–Crippen MR) is 143 cm³/mol. The molecule has 2 saturated heterocycles. The number of likely N-dealkylation sites (tertiary alicyclic amines) is 1. The summed E-state index contributed by atoms with van der Waals surface area (Å²) in [5.41, 5.74) is 1.14. The van der Waals surface area contributed by atoms with E-state index in [2.05, 4.69) is 41.1 Å². The maximum atomic E-state index is 13.6. The van der Waals surface area contributed by atoms with Gasteiger partial charge in [-0.1, -0.05) is 30.4 Å². The number of carbonyl (C=O) groups excluding carboxylic acids is 2. The molecule has 0 saturated carbocycles. The molecule has 0 unspecified atom stereocenters. The Bertz CT molecular complexity index is 908. The van der Waals surface area contributed by atoms with Gasteiger partial charge in [0.05, 0.1) is 6.54 Å². The number of piperidine rings is 2. The molecule has 1 aromatic carbocycles. The Morgan fingerprint density at radius 2 is 1.81 bits per heavy atom. The van der Waals surface area contributed by atoms with Crippen LogP contribution in [-0.2, 0) is 16.1 Å². The van der Waals surface area contributed by atoms with Gasteiger partial charge in [0.2, 0.25) is 11.8 Å². The standard InChI is InChI=1S/C29H44N4O3/c1-4-31(5-2)28(34)19-23-12-17-32-20-24(23)10-8-18-36-27-11-7-6-9-25(27)21-33(22-29(32)35)26-13-15-30(3)16-14-26/h6-11,23-24,26H,4-5,12-22H2,1-3H3/b10-8-/t23-,24-/m0/s1. The highest BCUT2D eigenvalue weighted by atomic mass is 16.5. The molecule has 7 heteroatoms. The lowest BCUT2D eigenvalue weighted by atomic mass is 9.82. The van der Waals surface area contributed by atoms with Gasteiger partial charge in [-0.3, -0.25) is 14.5 Å². The van der Waals surface area contributed by atoms with E-state index in [1.807, 2.05) is 35.8 Å². The summed E-state index contributed by atoms with van der Waals surface area (Å²) < 4.78 is 6.21. The van der Waals surface area contributed by atoms with Gasteiger partial charge >= 0.3 is 0 Å². The maximum absolute atomic E-state index is 13.6. The number of fused-ring (bicyclic) bond motifs is 3. The molecule has 3 heterocycles. The van der Waals surface area contributed by atoms with E-state index >= 15 is 0 Å². The van der Waals surface area contributed by atoms with Crippen LogP contribution in [-0.4, -0.2) is 96.9 Å². The molecule has 0 radical (unpaired) electrons. The number of hydrogen-bond donors (Lipinski definition) is 0. The van der Waals surface area contributed by atoms with Gasteiger partial charge in [0.25, 0.3) is 0 Å². The number of ether oxygens (including phenoxy) is 1. The van der Waals surface area contributed by atoms with Crippen LogP contribution in [0.1, 0.15) is 45.1 Å². The second-order valence-electron chi connectivity index (χ2n) is 10.6. The molecule has 3 aliphatic rings. The Kier molecular flexibility index (Phi) is 9.43. The summed E-state index contributed by atoms with van der Waals surface area (Å²) in [6, 6.07) is 8.61. The lowest BCUT2D eigenvalue weighted by Crippen LogP contribution is -2.51.